The summed E-state index contributed by atoms with van der Waals surface area (Å²) in [6, 6.07) is 11.9. The summed E-state index contributed by atoms with van der Waals surface area (Å²) < 4.78 is 1.71. The number of hydrogen-bond acceptors (Lipinski definition) is 4. The highest BCUT2D eigenvalue weighted by molar-refractivity contribution is 7.13. The molecule has 0 unspecified atom stereocenters. The fourth-order valence-electron chi connectivity index (χ4n) is 2.37. The fraction of sp³-hybridized carbons (Fsp3) is 0.235. The molecule has 118 valence electrons. The predicted octanol–water partition coefficient (Wildman–Crippen LogP) is 3.47. The topological polar surface area (TPSA) is 51.0 Å². The smallest absolute Gasteiger partial charge is 0.264 e. The van der Waals surface area contributed by atoms with Crippen LogP contribution in [0.25, 0.3) is 5.69 Å². The number of aromatic nitrogens is 3. The molecule has 0 N–H and O–H groups in total. The Hall–Kier alpha value is -2.47. The normalized spacial score (nSPS) is 12.1. The minimum absolute atomic E-state index is 0.00491. The molecule has 3 rings (SSSR count). The average molecular weight is 326 g/mol. The van der Waals surface area contributed by atoms with E-state index in [9.17, 15) is 4.79 Å². The van der Waals surface area contributed by atoms with E-state index in [-0.39, 0.29) is 11.9 Å². The highest BCUT2D eigenvalue weighted by Gasteiger charge is 2.20. The predicted molar refractivity (Wildman–Crippen MR) is 90.9 cm³/mol. The maximum Gasteiger partial charge on any atom is 0.264 e. The summed E-state index contributed by atoms with van der Waals surface area (Å²) in [7, 11) is 1.84. The lowest BCUT2D eigenvalue weighted by atomic mass is 10.1. The third-order valence-corrected chi connectivity index (χ3v) is 4.90. The van der Waals surface area contributed by atoms with Crippen LogP contribution in [0.15, 0.2) is 49.1 Å². The molecule has 0 spiro atoms. The van der Waals surface area contributed by atoms with Gasteiger partial charge in [-0.15, -0.1) is 11.3 Å². The van der Waals surface area contributed by atoms with Crippen LogP contribution >= 0.6 is 11.3 Å². The highest BCUT2D eigenvalue weighted by atomic mass is 32.1. The molecule has 0 bridgehead atoms. The van der Waals surface area contributed by atoms with Crippen LogP contribution in [0.2, 0.25) is 0 Å². The molecule has 0 aliphatic rings. The Morgan fingerprint density at radius 1 is 1.22 bits per heavy atom. The van der Waals surface area contributed by atoms with E-state index in [2.05, 4.69) is 10.1 Å². The van der Waals surface area contributed by atoms with Crippen molar-refractivity contribution in [1.82, 2.24) is 19.7 Å². The van der Waals surface area contributed by atoms with Crippen molar-refractivity contribution in [2.75, 3.05) is 7.05 Å². The van der Waals surface area contributed by atoms with E-state index in [1.807, 2.05) is 57.3 Å². The van der Waals surface area contributed by atoms with E-state index in [1.165, 1.54) is 17.7 Å². The number of amides is 1. The molecular formula is C17H18N4OS. The van der Waals surface area contributed by atoms with Crippen molar-refractivity contribution < 1.29 is 4.79 Å². The van der Waals surface area contributed by atoms with Crippen LogP contribution in [0.4, 0.5) is 0 Å². The number of hydrogen-bond donors (Lipinski definition) is 0. The molecule has 1 amide bonds. The summed E-state index contributed by atoms with van der Waals surface area (Å²) in [4.78, 5) is 20.2. The van der Waals surface area contributed by atoms with Gasteiger partial charge in [0.05, 0.1) is 16.6 Å². The first kappa shape index (κ1) is 15.4. The number of aryl methyl sites for hydroxylation is 1. The van der Waals surface area contributed by atoms with Gasteiger partial charge in [0.15, 0.2) is 0 Å². The molecule has 2 heterocycles. The first-order valence-electron chi connectivity index (χ1n) is 7.35. The van der Waals surface area contributed by atoms with Crippen molar-refractivity contribution in [3.63, 3.8) is 0 Å². The van der Waals surface area contributed by atoms with Gasteiger partial charge in [0.1, 0.15) is 12.7 Å². The van der Waals surface area contributed by atoms with Crippen molar-refractivity contribution in [2.45, 2.75) is 19.9 Å². The largest absolute Gasteiger partial charge is 0.334 e. The summed E-state index contributed by atoms with van der Waals surface area (Å²) in [6.07, 6.45) is 3.17. The quantitative estimate of drug-likeness (QED) is 0.737. The van der Waals surface area contributed by atoms with Gasteiger partial charge in [-0.25, -0.2) is 9.67 Å². The van der Waals surface area contributed by atoms with Crippen molar-refractivity contribution in [2.24, 2.45) is 0 Å². The van der Waals surface area contributed by atoms with Gasteiger partial charge in [0.25, 0.3) is 5.91 Å². The molecule has 0 fully saturated rings. The van der Waals surface area contributed by atoms with E-state index in [0.717, 1.165) is 21.0 Å². The Balaban J connectivity index is 1.77. The maximum absolute atomic E-state index is 12.5. The summed E-state index contributed by atoms with van der Waals surface area (Å²) in [5.74, 6) is 0.0518. The molecule has 0 saturated heterocycles. The molecular weight excluding hydrogens is 308 g/mol. The second kappa shape index (κ2) is 6.34. The molecule has 0 radical (unpaired) electrons. The van der Waals surface area contributed by atoms with Gasteiger partial charge in [-0.05, 0) is 43.7 Å². The molecule has 0 aliphatic heterocycles. The van der Waals surface area contributed by atoms with Crippen LogP contribution in [0.1, 0.15) is 33.1 Å². The molecule has 5 nitrogen and oxygen atoms in total. The lowest BCUT2D eigenvalue weighted by Gasteiger charge is -2.25. The van der Waals surface area contributed by atoms with Gasteiger partial charge in [0.2, 0.25) is 0 Å². The SMILES string of the molecule is Cc1ccc(C(=O)N(C)[C@@H](C)c2ccc(-n3cncn3)cc2)s1. The van der Waals surface area contributed by atoms with Crippen LogP contribution < -0.4 is 0 Å². The molecule has 0 saturated carbocycles. The molecule has 0 aliphatic carbocycles. The van der Waals surface area contributed by atoms with Crippen LogP contribution in [-0.2, 0) is 0 Å². The van der Waals surface area contributed by atoms with E-state index in [4.69, 9.17) is 0 Å². The van der Waals surface area contributed by atoms with E-state index in [0.29, 0.717) is 0 Å². The molecule has 3 aromatic rings. The molecule has 2 aromatic heterocycles. The van der Waals surface area contributed by atoms with Gasteiger partial charge in [0, 0.05) is 11.9 Å². The Morgan fingerprint density at radius 2 is 1.96 bits per heavy atom. The Bertz CT molecular complexity index is 792. The molecule has 23 heavy (non-hydrogen) atoms. The van der Waals surface area contributed by atoms with Crippen molar-refractivity contribution >= 4 is 17.2 Å². The molecule has 1 atom stereocenters. The van der Waals surface area contributed by atoms with Crippen LogP contribution in [0, 0.1) is 6.92 Å². The summed E-state index contributed by atoms with van der Waals surface area (Å²) in [6.45, 7) is 4.04. The third kappa shape index (κ3) is 3.17. The summed E-state index contributed by atoms with van der Waals surface area (Å²) >= 11 is 1.53. The second-order valence-corrected chi connectivity index (χ2v) is 6.72. The maximum atomic E-state index is 12.5. The average Bonchev–Trinajstić information content (AvgIpc) is 3.24. The van der Waals surface area contributed by atoms with Crippen LogP contribution in [0.3, 0.4) is 0 Å². The van der Waals surface area contributed by atoms with E-state index < -0.39 is 0 Å². The van der Waals surface area contributed by atoms with Crippen molar-refractivity contribution in [3.05, 3.63) is 64.4 Å². The second-order valence-electron chi connectivity index (χ2n) is 5.43. The number of benzene rings is 1. The van der Waals surface area contributed by atoms with Gasteiger partial charge in [-0.1, -0.05) is 12.1 Å². The standard InChI is InChI=1S/C17H18N4OS/c1-12-4-9-16(23-12)17(22)20(3)13(2)14-5-7-15(8-6-14)21-11-18-10-19-21/h4-11,13H,1-3H3/t13-/m0/s1. The number of carbonyl (C=O) groups is 1. The first-order chi connectivity index (χ1) is 11.1. The summed E-state index contributed by atoms with van der Waals surface area (Å²) in [5, 5.41) is 4.11. The van der Waals surface area contributed by atoms with E-state index in [1.54, 1.807) is 15.9 Å². The van der Waals surface area contributed by atoms with E-state index >= 15 is 0 Å². The van der Waals surface area contributed by atoms with Crippen LogP contribution in [0.5, 0.6) is 0 Å². The first-order valence-corrected chi connectivity index (χ1v) is 8.16. The fourth-order valence-corrected chi connectivity index (χ4v) is 3.22. The monoisotopic (exact) mass is 326 g/mol. The minimum atomic E-state index is -0.00491. The molecule has 1 aromatic carbocycles. The lowest BCUT2D eigenvalue weighted by Crippen LogP contribution is -2.29. The van der Waals surface area contributed by atoms with Crippen LogP contribution in [-0.4, -0.2) is 32.6 Å². The van der Waals surface area contributed by atoms with Crippen molar-refractivity contribution in [3.8, 4) is 5.69 Å². The summed E-state index contributed by atoms with van der Waals surface area (Å²) in [5.41, 5.74) is 2.03. The Kier molecular flexibility index (Phi) is 4.25. The minimum Gasteiger partial charge on any atom is -0.334 e. The Morgan fingerprint density at radius 3 is 2.52 bits per heavy atom. The zero-order chi connectivity index (χ0) is 16.4. The van der Waals surface area contributed by atoms with Gasteiger partial charge in [-0.3, -0.25) is 4.79 Å². The number of carbonyl (C=O) groups excluding carboxylic acids is 1. The number of rotatable bonds is 4. The van der Waals surface area contributed by atoms with Gasteiger partial charge < -0.3 is 4.90 Å². The number of nitrogens with zero attached hydrogens (tertiary/aromatic N) is 4. The highest BCUT2D eigenvalue weighted by Crippen LogP contribution is 2.24. The molecule has 6 heteroatoms. The lowest BCUT2D eigenvalue weighted by molar-refractivity contribution is 0.0747. The zero-order valence-electron chi connectivity index (χ0n) is 13.3. The van der Waals surface area contributed by atoms with Gasteiger partial charge >= 0.3 is 0 Å². The zero-order valence-corrected chi connectivity index (χ0v) is 14.1. The van der Waals surface area contributed by atoms with Crippen molar-refractivity contribution in [1.29, 1.82) is 0 Å². The number of thiophene rings is 1. The Labute approximate surface area is 139 Å². The van der Waals surface area contributed by atoms with Gasteiger partial charge in [-0.2, -0.15) is 5.10 Å². The third-order valence-electron chi connectivity index (χ3n) is 3.91.